The van der Waals surface area contributed by atoms with Crippen molar-refractivity contribution in [1.29, 1.82) is 0 Å². The maximum atomic E-state index is 11.8. The lowest BCUT2D eigenvalue weighted by molar-refractivity contribution is -0.149. The van der Waals surface area contributed by atoms with Crippen molar-refractivity contribution in [1.82, 2.24) is 5.32 Å². The maximum absolute atomic E-state index is 11.8. The van der Waals surface area contributed by atoms with Crippen molar-refractivity contribution in [2.75, 3.05) is 14.2 Å². The molecule has 0 aromatic heterocycles. The number of benzene rings is 1. The molecule has 0 heterocycles. The van der Waals surface area contributed by atoms with E-state index in [2.05, 4.69) is 14.8 Å². The Morgan fingerprint density at radius 2 is 1.73 bits per heavy atom. The highest BCUT2D eigenvalue weighted by Crippen LogP contribution is 2.12. The van der Waals surface area contributed by atoms with E-state index in [0.717, 1.165) is 5.56 Å². The molecule has 0 fully saturated rings. The summed E-state index contributed by atoms with van der Waals surface area (Å²) >= 11 is 0. The molecule has 0 saturated carbocycles. The molecule has 0 saturated heterocycles. The minimum Gasteiger partial charge on any atom is -0.468 e. The van der Waals surface area contributed by atoms with E-state index in [-0.39, 0.29) is 0 Å². The number of ether oxygens (including phenoxy) is 2. The molecule has 0 bridgehead atoms. The zero-order chi connectivity index (χ0) is 16.5. The van der Waals surface area contributed by atoms with Crippen LogP contribution in [0.25, 0.3) is 6.08 Å². The van der Waals surface area contributed by atoms with E-state index >= 15 is 0 Å². The predicted molar refractivity (Wildman–Crippen MR) is 81.0 cm³/mol. The summed E-state index contributed by atoms with van der Waals surface area (Å²) in [5.74, 6) is -2.26. The van der Waals surface area contributed by atoms with Gasteiger partial charge in [0.25, 0.3) is 0 Å². The Bertz CT molecular complexity index is 553. The molecule has 6 nitrogen and oxygen atoms in total. The van der Waals surface area contributed by atoms with Crippen LogP contribution in [0.1, 0.15) is 12.5 Å². The van der Waals surface area contributed by atoms with Gasteiger partial charge in [0.2, 0.25) is 0 Å². The number of amides is 1. The van der Waals surface area contributed by atoms with E-state index in [9.17, 15) is 14.4 Å². The third kappa shape index (κ3) is 5.05. The maximum Gasteiger partial charge on any atom is 0.407 e. The molecule has 1 amide bonds. The summed E-state index contributed by atoms with van der Waals surface area (Å²) in [6, 6.07) is 8.42. The van der Waals surface area contributed by atoms with Gasteiger partial charge in [-0.2, -0.15) is 0 Å². The second-order valence-corrected chi connectivity index (χ2v) is 4.54. The lowest BCUT2D eigenvalue weighted by Gasteiger charge is -2.21. The molecule has 1 aromatic carbocycles. The summed E-state index contributed by atoms with van der Waals surface area (Å²) in [7, 11) is 2.39. The summed E-state index contributed by atoms with van der Waals surface area (Å²) < 4.78 is 9.16. The molecule has 0 aliphatic heterocycles. The molecular formula is C16H19NO5. The first-order valence-corrected chi connectivity index (χ1v) is 6.65. The predicted octanol–water partition coefficient (Wildman–Crippen LogP) is 1.80. The molecule has 1 N–H and O–H groups in total. The van der Waals surface area contributed by atoms with Gasteiger partial charge in [0, 0.05) is 0 Å². The van der Waals surface area contributed by atoms with Crippen LogP contribution in [0.3, 0.4) is 0 Å². The Balaban J connectivity index is 3.05. The first-order valence-electron chi connectivity index (χ1n) is 6.65. The van der Waals surface area contributed by atoms with Crippen molar-refractivity contribution in [2.45, 2.75) is 13.0 Å². The molecule has 2 atom stereocenters. The van der Waals surface area contributed by atoms with Crippen molar-refractivity contribution < 1.29 is 23.9 Å². The molecular weight excluding hydrogens is 286 g/mol. The number of ketones is 1. The number of hydrogen-bond acceptors (Lipinski definition) is 5. The van der Waals surface area contributed by atoms with E-state index < -0.39 is 29.8 Å². The van der Waals surface area contributed by atoms with Gasteiger partial charge in [-0.25, -0.2) is 4.79 Å². The van der Waals surface area contributed by atoms with Gasteiger partial charge in [-0.15, -0.1) is 0 Å². The van der Waals surface area contributed by atoms with Crippen LogP contribution in [0.4, 0.5) is 4.79 Å². The van der Waals surface area contributed by atoms with Gasteiger partial charge < -0.3 is 14.8 Å². The van der Waals surface area contributed by atoms with Gasteiger partial charge in [0.15, 0.2) is 0 Å². The van der Waals surface area contributed by atoms with Gasteiger partial charge in [0.05, 0.1) is 20.3 Å². The smallest absolute Gasteiger partial charge is 0.407 e. The van der Waals surface area contributed by atoms with Crippen molar-refractivity contribution in [2.24, 2.45) is 5.92 Å². The highest BCUT2D eigenvalue weighted by Gasteiger charge is 2.33. The van der Waals surface area contributed by atoms with Crippen molar-refractivity contribution >= 4 is 23.9 Å². The van der Waals surface area contributed by atoms with Crippen LogP contribution in [0, 0.1) is 5.92 Å². The highest BCUT2D eigenvalue weighted by molar-refractivity contribution is 5.99. The number of carbonyl (C=O) groups is 3. The fourth-order valence-electron chi connectivity index (χ4n) is 1.91. The first kappa shape index (κ1) is 17.4. The zero-order valence-electron chi connectivity index (χ0n) is 12.7. The monoisotopic (exact) mass is 305 g/mol. The lowest BCUT2D eigenvalue weighted by atomic mass is 9.95. The average molecular weight is 305 g/mol. The van der Waals surface area contributed by atoms with Crippen LogP contribution in [0.5, 0.6) is 0 Å². The molecule has 0 aliphatic rings. The van der Waals surface area contributed by atoms with Crippen LogP contribution in [-0.4, -0.2) is 38.1 Å². The molecule has 2 unspecified atom stereocenters. The second kappa shape index (κ2) is 8.61. The van der Waals surface area contributed by atoms with Crippen molar-refractivity contribution in [3.63, 3.8) is 0 Å². The van der Waals surface area contributed by atoms with E-state index in [0.29, 0.717) is 0 Å². The van der Waals surface area contributed by atoms with Crippen molar-refractivity contribution in [3.8, 4) is 0 Å². The molecule has 22 heavy (non-hydrogen) atoms. The number of nitrogens with one attached hydrogen (secondary N) is 1. The Labute approximate surface area is 129 Å². The topological polar surface area (TPSA) is 81.7 Å². The molecule has 0 spiro atoms. The number of methoxy groups -OCH3 is 2. The summed E-state index contributed by atoms with van der Waals surface area (Å²) in [5.41, 5.74) is 0.867. The number of rotatable bonds is 6. The van der Waals surface area contributed by atoms with Gasteiger partial charge in [-0.3, -0.25) is 9.59 Å². The molecule has 1 rings (SSSR count). The van der Waals surface area contributed by atoms with E-state index in [1.807, 2.05) is 30.3 Å². The van der Waals surface area contributed by atoms with E-state index in [1.165, 1.54) is 21.1 Å². The quantitative estimate of drug-likeness (QED) is 0.640. The van der Waals surface area contributed by atoms with Crippen molar-refractivity contribution in [3.05, 3.63) is 42.0 Å². The number of hydrogen-bond donors (Lipinski definition) is 1. The fraction of sp³-hybridized carbons (Fsp3) is 0.312. The molecule has 118 valence electrons. The molecule has 0 radical (unpaired) electrons. The second-order valence-electron chi connectivity index (χ2n) is 4.54. The Hall–Kier alpha value is -2.63. The summed E-state index contributed by atoms with van der Waals surface area (Å²) in [5, 5.41) is 2.46. The lowest BCUT2D eigenvalue weighted by Crippen LogP contribution is -2.45. The van der Waals surface area contributed by atoms with Crippen LogP contribution >= 0.6 is 0 Å². The Morgan fingerprint density at radius 3 is 2.23 bits per heavy atom. The first-order chi connectivity index (χ1) is 10.5. The van der Waals surface area contributed by atoms with Gasteiger partial charge in [-0.05, 0) is 12.5 Å². The third-order valence-electron chi connectivity index (χ3n) is 3.02. The van der Waals surface area contributed by atoms with Gasteiger partial charge in [0.1, 0.15) is 11.7 Å². The average Bonchev–Trinajstić information content (AvgIpc) is 2.52. The Morgan fingerprint density at radius 1 is 1.09 bits per heavy atom. The minimum absolute atomic E-state index is 0.411. The fourth-order valence-corrected chi connectivity index (χ4v) is 1.91. The molecule has 0 aliphatic carbocycles. The normalized spacial score (nSPS) is 13.2. The highest BCUT2D eigenvalue weighted by atomic mass is 16.5. The van der Waals surface area contributed by atoms with E-state index in [1.54, 1.807) is 12.2 Å². The number of Topliss-reactive ketones (excluding diaryl/α,β-unsaturated/α-hetero) is 1. The van der Waals surface area contributed by atoms with Gasteiger partial charge in [-0.1, -0.05) is 42.5 Å². The SMILES string of the molecule is COC(=O)NC(/C=C/c1ccccc1)C(C(C)=O)C(=O)OC. The van der Waals surface area contributed by atoms with Crippen LogP contribution < -0.4 is 5.32 Å². The van der Waals surface area contributed by atoms with Crippen LogP contribution in [0.2, 0.25) is 0 Å². The zero-order valence-corrected chi connectivity index (χ0v) is 12.7. The molecule has 1 aromatic rings. The van der Waals surface area contributed by atoms with E-state index in [4.69, 9.17) is 0 Å². The van der Waals surface area contributed by atoms with Crippen LogP contribution in [-0.2, 0) is 19.1 Å². The summed E-state index contributed by atoms with van der Waals surface area (Å²) in [4.78, 5) is 35.0. The largest absolute Gasteiger partial charge is 0.468 e. The summed E-state index contributed by atoms with van der Waals surface area (Å²) in [6.07, 6.45) is 2.53. The Kier molecular flexibility index (Phi) is 6.82. The van der Waals surface area contributed by atoms with Gasteiger partial charge >= 0.3 is 12.1 Å². The number of carbonyl (C=O) groups excluding carboxylic acids is 3. The number of esters is 1. The van der Waals surface area contributed by atoms with Crippen LogP contribution in [0.15, 0.2) is 36.4 Å². The standard InChI is InChI=1S/C16H19NO5/c1-11(18)14(15(19)21-2)13(17-16(20)22-3)10-9-12-7-5-4-6-8-12/h4-10,13-14H,1-3H3,(H,17,20)/b10-9+. The minimum atomic E-state index is -1.14. The molecule has 6 heteroatoms. The number of alkyl carbamates (subject to hydrolysis) is 1. The summed E-state index contributed by atoms with van der Waals surface area (Å²) in [6.45, 7) is 1.27. The third-order valence-corrected chi connectivity index (χ3v) is 3.02.